The second kappa shape index (κ2) is 12.0. The molecule has 0 unspecified atom stereocenters. The molecule has 37 heavy (non-hydrogen) atoms. The molecule has 0 bridgehead atoms. The second-order valence-electron chi connectivity index (χ2n) is 9.87. The summed E-state index contributed by atoms with van der Waals surface area (Å²) in [5.74, 6) is 0.244. The summed E-state index contributed by atoms with van der Waals surface area (Å²) in [7, 11) is -1.81. The van der Waals surface area contributed by atoms with E-state index in [-0.39, 0.29) is 30.1 Å². The van der Waals surface area contributed by atoms with Crippen molar-refractivity contribution in [2.75, 3.05) is 26.7 Å². The summed E-state index contributed by atoms with van der Waals surface area (Å²) in [5, 5.41) is 9.86. The highest BCUT2D eigenvalue weighted by molar-refractivity contribution is 7.89. The number of aliphatic hydroxyl groups excluding tert-OH is 1. The fraction of sp³-hybridized carbons (Fsp3) is 0.333. The Hall–Kier alpha value is -2.97. The lowest BCUT2D eigenvalue weighted by atomic mass is 10.0. The van der Waals surface area contributed by atoms with Crippen LogP contribution in [0.5, 0.6) is 5.75 Å². The number of aliphatic hydroxyl groups is 1. The highest BCUT2D eigenvalue weighted by Gasteiger charge is 2.38. The molecule has 0 saturated heterocycles. The first-order valence-electron chi connectivity index (χ1n) is 12.7. The van der Waals surface area contributed by atoms with E-state index in [2.05, 4.69) is 17.0 Å². The number of likely N-dealkylation sites (N-methyl/N-ethyl adjacent to an activating group) is 1. The van der Waals surface area contributed by atoms with Crippen molar-refractivity contribution < 1.29 is 18.3 Å². The molecule has 3 aromatic rings. The molecule has 1 aliphatic rings. The third-order valence-electron chi connectivity index (χ3n) is 6.75. The van der Waals surface area contributed by atoms with Crippen molar-refractivity contribution in [3.05, 3.63) is 95.6 Å². The van der Waals surface area contributed by atoms with Gasteiger partial charge in [0.2, 0.25) is 10.0 Å². The molecule has 0 radical (unpaired) electrons. The predicted octanol–water partition coefficient (Wildman–Crippen LogP) is 4.76. The van der Waals surface area contributed by atoms with E-state index < -0.39 is 16.1 Å². The average Bonchev–Trinajstić information content (AvgIpc) is 2.90. The summed E-state index contributed by atoms with van der Waals surface area (Å²) >= 11 is 0. The average molecular weight is 521 g/mol. The highest BCUT2D eigenvalue weighted by atomic mass is 32.2. The van der Waals surface area contributed by atoms with Crippen LogP contribution in [0.3, 0.4) is 0 Å². The molecule has 1 aliphatic heterocycles. The van der Waals surface area contributed by atoms with Gasteiger partial charge in [-0.3, -0.25) is 4.90 Å². The molecule has 0 fully saturated rings. The molecule has 0 aliphatic carbocycles. The molecule has 0 amide bonds. The van der Waals surface area contributed by atoms with E-state index >= 15 is 0 Å². The van der Waals surface area contributed by atoms with Gasteiger partial charge in [0.25, 0.3) is 0 Å². The molecule has 0 spiro atoms. The quantitative estimate of drug-likeness (QED) is 0.434. The minimum Gasteiger partial charge on any atom is -0.487 e. The smallest absolute Gasteiger partial charge is 0.247 e. The lowest BCUT2D eigenvalue weighted by molar-refractivity contribution is 0.0733. The molecule has 0 aromatic heterocycles. The highest BCUT2D eigenvalue weighted by Crippen LogP contribution is 2.34. The van der Waals surface area contributed by atoms with Gasteiger partial charge in [-0.1, -0.05) is 85.8 Å². The number of sulfonamides is 1. The molecule has 7 heteroatoms. The Kier molecular flexibility index (Phi) is 8.82. The molecular weight excluding hydrogens is 484 g/mol. The number of benzene rings is 3. The molecular formula is C30H36N2O4S. The van der Waals surface area contributed by atoms with E-state index in [9.17, 15) is 13.5 Å². The lowest BCUT2D eigenvalue weighted by Crippen LogP contribution is -2.49. The van der Waals surface area contributed by atoms with Crippen LogP contribution in [0.4, 0.5) is 0 Å². The van der Waals surface area contributed by atoms with Crippen molar-refractivity contribution in [3.8, 4) is 5.75 Å². The minimum atomic E-state index is -3.86. The van der Waals surface area contributed by atoms with Gasteiger partial charge >= 0.3 is 0 Å². The summed E-state index contributed by atoms with van der Waals surface area (Å²) < 4.78 is 35.3. The monoisotopic (exact) mass is 520 g/mol. The molecule has 3 aromatic carbocycles. The Morgan fingerprint density at radius 3 is 2.35 bits per heavy atom. The molecule has 196 valence electrons. The van der Waals surface area contributed by atoms with Crippen molar-refractivity contribution in [1.82, 2.24) is 9.21 Å². The van der Waals surface area contributed by atoms with Gasteiger partial charge in [0.1, 0.15) is 16.7 Å². The van der Waals surface area contributed by atoms with Crippen LogP contribution >= 0.6 is 0 Å². The third-order valence-corrected chi connectivity index (χ3v) is 8.77. The van der Waals surface area contributed by atoms with Gasteiger partial charge in [0.05, 0.1) is 6.61 Å². The van der Waals surface area contributed by atoms with Crippen LogP contribution in [0.15, 0.2) is 83.8 Å². The molecule has 3 atom stereocenters. The number of ether oxygens (including phenoxy) is 1. The van der Waals surface area contributed by atoms with Crippen molar-refractivity contribution >= 4 is 22.2 Å². The van der Waals surface area contributed by atoms with Crippen LogP contribution in [0.2, 0.25) is 0 Å². The fourth-order valence-corrected chi connectivity index (χ4v) is 6.41. The maximum absolute atomic E-state index is 13.7. The van der Waals surface area contributed by atoms with Crippen LogP contribution in [0.25, 0.3) is 12.2 Å². The number of hydrogen-bond donors (Lipinski definition) is 1. The van der Waals surface area contributed by atoms with E-state index in [4.69, 9.17) is 4.74 Å². The predicted molar refractivity (Wildman–Crippen MR) is 149 cm³/mol. The van der Waals surface area contributed by atoms with Gasteiger partial charge in [0.15, 0.2) is 0 Å². The van der Waals surface area contributed by atoms with Crippen LogP contribution < -0.4 is 4.74 Å². The summed E-state index contributed by atoms with van der Waals surface area (Å²) in [5.41, 5.74) is 3.11. The maximum Gasteiger partial charge on any atom is 0.247 e. The number of rotatable bonds is 8. The Morgan fingerprint density at radius 1 is 1.03 bits per heavy atom. The minimum absolute atomic E-state index is 0.0985. The van der Waals surface area contributed by atoms with Crippen molar-refractivity contribution in [2.24, 2.45) is 5.92 Å². The van der Waals surface area contributed by atoms with Gasteiger partial charge in [-0.15, -0.1) is 0 Å². The van der Waals surface area contributed by atoms with Crippen molar-refractivity contribution in [3.63, 3.8) is 0 Å². The first-order valence-corrected chi connectivity index (χ1v) is 14.1. The molecule has 4 rings (SSSR count). The molecule has 6 nitrogen and oxygen atoms in total. The Labute approximate surface area is 220 Å². The zero-order valence-electron chi connectivity index (χ0n) is 21.7. The van der Waals surface area contributed by atoms with Gasteiger partial charge in [0, 0.05) is 31.6 Å². The summed E-state index contributed by atoms with van der Waals surface area (Å²) in [6, 6.07) is 24.9. The zero-order chi connectivity index (χ0) is 26.4. The largest absolute Gasteiger partial charge is 0.487 e. The standard InChI is InChI=1S/C30H36N2O4S/c1-23-19-32(24(2)22-33)37(34,35)30-17-16-26(15-14-25-10-6-4-7-11-25)18-28(30)36-29(23)21-31(3)20-27-12-8-5-9-13-27/h4-18,23-24,29,33H,19-22H2,1-3H3/b15-14+/t23-,24+,29-/m1/s1. The summed E-state index contributed by atoms with van der Waals surface area (Å²) in [6.45, 7) is 5.15. The van der Waals surface area contributed by atoms with Gasteiger partial charge in [-0.25, -0.2) is 8.42 Å². The van der Waals surface area contributed by atoms with E-state index in [1.54, 1.807) is 25.1 Å². The molecule has 1 N–H and O–H groups in total. The molecule has 0 saturated carbocycles. The fourth-order valence-electron chi connectivity index (χ4n) is 4.59. The number of nitrogens with zero attached hydrogens (tertiary/aromatic N) is 2. The van der Waals surface area contributed by atoms with Crippen LogP contribution in [-0.4, -0.2) is 61.6 Å². The third kappa shape index (κ3) is 6.67. The topological polar surface area (TPSA) is 70.1 Å². The van der Waals surface area contributed by atoms with Gasteiger partial charge < -0.3 is 9.84 Å². The Balaban J connectivity index is 1.68. The van der Waals surface area contributed by atoms with E-state index in [0.717, 1.165) is 17.7 Å². The van der Waals surface area contributed by atoms with Crippen LogP contribution in [-0.2, 0) is 16.6 Å². The number of hydrogen-bond acceptors (Lipinski definition) is 5. The van der Waals surface area contributed by atoms with Crippen LogP contribution in [0, 0.1) is 5.92 Å². The van der Waals surface area contributed by atoms with Crippen molar-refractivity contribution in [1.29, 1.82) is 0 Å². The van der Waals surface area contributed by atoms with Gasteiger partial charge in [-0.2, -0.15) is 4.31 Å². The second-order valence-corrected chi connectivity index (χ2v) is 11.7. The molecule has 1 heterocycles. The summed E-state index contributed by atoms with van der Waals surface area (Å²) in [4.78, 5) is 2.33. The Bertz CT molecular complexity index is 1300. The van der Waals surface area contributed by atoms with E-state index in [1.165, 1.54) is 9.87 Å². The first-order chi connectivity index (χ1) is 17.8. The van der Waals surface area contributed by atoms with Gasteiger partial charge in [-0.05, 0) is 42.8 Å². The van der Waals surface area contributed by atoms with Crippen LogP contribution in [0.1, 0.15) is 30.5 Å². The SMILES string of the molecule is C[C@@H]1CN([C@@H](C)CO)S(=O)(=O)c2ccc(/C=C/c3ccccc3)cc2O[C@@H]1CN(C)Cc1ccccc1. The number of fused-ring (bicyclic) bond motifs is 1. The van der Waals surface area contributed by atoms with E-state index in [0.29, 0.717) is 12.3 Å². The maximum atomic E-state index is 13.7. The lowest BCUT2D eigenvalue weighted by Gasteiger charge is -2.37. The van der Waals surface area contributed by atoms with E-state index in [1.807, 2.05) is 74.7 Å². The van der Waals surface area contributed by atoms with Crippen molar-refractivity contribution in [2.45, 2.75) is 37.4 Å². The normalized spacial score (nSPS) is 20.7. The Morgan fingerprint density at radius 2 is 1.68 bits per heavy atom. The first kappa shape index (κ1) is 27.1. The summed E-state index contributed by atoms with van der Waals surface area (Å²) in [6.07, 6.45) is 3.70. The zero-order valence-corrected chi connectivity index (χ0v) is 22.5.